The highest BCUT2D eigenvalue weighted by Gasteiger charge is 2.23. The third-order valence-electron chi connectivity index (χ3n) is 1.32. The predicted molar refractivity (Wildman–Crippen MR) is 42.1 cm³/mol. The second-order valence-corrected chi connectivity index (χ2v) is 5.01. The Morgan fingerprint density at radius 2 is 1.60 bits per heavy atom. The highest BCUT2D eigenvalue weighted by Crippen LogP contribution is 1.92. The maximum absolute atomic E-state index is 9.18. The third kappa shape index (κ3) is 1.67. The smallest absolute Gasteiger partial charge is 0.363 e. The van der Waals surface area contributed by atoms with Gasteiger partial charge in [0.05, 0.1) is 0 Å². The highest BCUT2D eigenvalue weighted by molar-refractivity contribution is 6.77. The monoisotopic (exact) mass is 154 g/mol. The summed E-state index contributed by atoms with van der Waals surface area (Å²) >= 11 is 0. The fourth-order valence-electron chi connectivity index (χ4n) is 0.754. The zero-order valence-corrected chi connectivity index (χ0v) is 6.78. The number of rotatable bonds is 1. The first-order valence-electron chi connectivity index (χ1n) is 3.11. The summed E-state index contributed by atoms with van der Waals surface area (Å²) in [6, 6.07) is 8.90. The van der Waals surface area contributed by atoms with Crippen molar-refractivity contribution in [1.82, 2.24) is 0 Å². The van der Waals surface area contributed by atoms with Gasteiger partial charge in [-0.25, -0.2) is 0 Å². The molecule has 10 heavy (non-hydrogen) atoms. The molecule has 0 saturated heterocycles. The van der Waals surface area contributed by atoms with Crippen molar-refractivity contribution in [1.29, 1.82) is 0 Å². The first kappa shape index (κ1) is 7.46. The van der Waals surface area contributed by atoms with E-state index in [-0.39, 0.29) is 0 Å². The van der Waals surface area contributed by atoms with E-state index in [1.807, 2.05) is 6.07 Å². The Labute approximate surface area is 61.0 Å². The van der Waals surface area contributed by atoms with E-state index < -0.39 is 8.56 Å². The summed E-state index contributed by atoms with van der Waals surface area (Å²) < 4.78 is 0. The lowest BCUT2D eigenvalue weighted by atomic mass is 10.4. The van der Waals surface area contributed by atoms with Crippen LogP contribution in [0.2, 0.25) is 6.55 Å². The van der Waals surface area contributed by atoms with E-state index in [9.17, 15) is 9.59 Å². The van der Waals surface area contributed by atoms with Crippen LogP contribution in [0.1, 0.15) is 0 Å². The maximum Gasteiger partial charge on any atom is 0.363 e. The van der Waals surface area contributed by atoms with E-state index in [1.165, 1.54) is 6.55 Å². The number of hydrogen-bond donors (Lipinski definition) is 2. The zero-order valence-electron chi connectivity index (χ0n) is 5.78. The van der Waals surface area contributed by atoms with Gasteiger partial charge in [-0.15, -0.1) is 0 Å². The minimum atomic E-state index is -3.03. The van der Waals surface area contributed by atoms with Gasteiger partial charge in [-0.05, 0) is 11.7 Å². The molecule has 3 heteroatoms. The van der Waals surface area contributed by atoms with Gasteiger partial charge in [0.15, 0.2) is 0 Å². The Morgan fingerprint density at radius 3 is 1.90 bits per heavy atom. The molecule has 0 radical (unpaired) electrons. The van der Waals surface area contributed by atoms with Crippen LogP contribution in [-0.2, 0) is 0 Å². The fourth-order valence-corrected chi connectivity index (χ4v) is 1.58. The van der Waals surface area contributed by atoms with Crippen molar-refractivity contribution in [3.8, 4) is 0 Å². The average Bonchev–Trinajstić information content (AvgIpc) is 1.88. The number of benzene rings is 1. The molecule has 0 aliphatic rings. The van der Waals surface area contributed by atoms with Crippen LogP contribution in [0.15, 0.2) is 30.3 Å². The van der Waals surface area contributed by atoms with E-state index in [1.54, 1.807) is 24.3 Å². The van der Waals surface area contributed by atoms with Gasteiger partial charge >= 0.3 is 8.56 Å². The van der Waals surface area contributed by atoms with E-state index >= 15 is 0 Å². The van der Waals surface area contributed by atoms with Crippen LogP contribution < -0.4 is 5.19 Å². The molecule has 2 N–H and O–H groups in total. The molecule has 0 amide bonds. The van der Waals surface area contributed by atoms with Gasteiger partial charge in [-0.3, -0.25) is 0 Å². The second-order valence-electron chi connectivity index (χ2n) is 2.39. The molecule has 0 atom stereocenters. The molecule has 0 aliphatic heterocycles. The standard InChI is InChI=1S/C7H10O2Si/c1-10(8,9)7-5-3-2-4-6-7/h2-6,8-9H,1H3. The molecule has 54 valence electrons. The Hall–Kier alpha value is -0.643. The Kier molecular flexibility index (Phi) is 1.89. The van der Waals surface area contributed by atoms with Crippen molar-refractivity contribution in [3.05, 3.63) is 30.3 Å². The van der Waals surface area contributed by atoms with Gasteiger partial charge in [0, 0.05) is 0 Å². The van der Waals surface area contributed by atoms with Gasteiger partial charge < -0.3 is 9.59 Å². The summed E-state index contributed by atoms with van der Waals surface area (Å²) in [6.07, 6.45) is 0. The zero-order chi connectivity index (χ0) is 7.61. The third-order valence-corrected chi connectivity index (χ3v) is 2.75. The highest BCUT2D eigenvalue weighted by atomic mass is 28.4. The largest absolute Gasteiger partial charge is 0.408 e. The Morgan fingerprint density at radius 1 is 1.10 bits per heavy atom. The van der Waals surface area contributed by atoms with Crippen LogP contribution in [-0.4, -0.2) is 18.2 Å². The molecule has 0 aromatic heterocycles. The molecule has 0 bridgehead atoms. The van der Waals surface area contributed by atoms with Crippen molar-refractivity contribution in [2.24, 2.45) is 0 Å². The quantitative estimate of drug-likeness (QED) is 0.557. The molecular formula is C7H10O2Si. The van der Waals surface area contributed by atoms with Crippen LogP contribution in [0, 0.1) is 0 Å². The lowest BCUT2D eigenvalue weighted by Crippen LogP contribution is -2.44. The summed E-state index contributed by atoms with van der Waals surface area (Å²) in [5, 5.41) is 0.648. The SMILES string of the molecule is C[Si](O)(O)c1ccccc1. The van der Waals surface area contributed by atoms with Crippen LogP contribution in [0.4, 0.5) is 0 Å². The molecule has 1 aromatic rings. The summed E-state index contributed by atoms with van der Waals surface area (Å²) in [7, 11) is -3.03. The number of hydrogen-bond acceptors (Lipinski definition) is 2. The first-order chi connectivity index (χ1) is 4.61. The van der Waals surface area contributed by atoms with Gasteiger partial charge in [-0.1, -0.05) is 30.3 Å². The fraction of sp³-hybridized carbons (Fsp3) is 0.143. The molecule has 0 spiro atoms. The van der Waals surface area contributed by atoms with E-state index in [4.69, 9.17) is 0 Å². The van der Waals surface area contributed by atoms with E-state index in [0.717, 1.165) is 0 Å². The van der Waals surface area contributed by atoms with Crippen LogP contribution >= 0.6 is 0 Å². The Bertz CT molecular complexity index is 203. The average molecular weight is 154 g/mol. The van der Waals surface area contributed by atoms with Crippen LogP contribution in [0.25, 0.3) is 0 Å². The van der Waals surface area contributed by atoms with Crippen molar-refractivity contribution in [2.45, 2.75) is 6.55 Å². The molecule has 1 aromatic carbocycles. The minimum Gasteiger partial charge on any atom is -0.408 e. The second kappa shape index (κ2) is 2.54. The molecule has 0 fully saturated rings. The lowest BCUT2D eigenvalue weighted by Gasteiger charge is -2.10. The predicted octanol–water partition coefficient (Wildman–Crippen LogP) is -0.0498. The molecular weight excluding hydrogens is 144 g/mol. The van der Waals surface area contributed by atoms with Gasteiger partial charge in [0.2, 0.25) is 0 Å². The van der Waals surface area contributed by atoms with Gasteiger partial charge in [-0.2, -0.15) is 0 Å². The normalized spacial score (nSPS) is 11.5. The topological polar surface area (TPSA) is 40.5 Å². The van der Waals surface area contributed by atoms with E-state index in [0.29, 0.717) is 5.19 Å². The van der Waals surface area contributed by atoms with Crippen LogP contribution in [0.5, 0.6) is 0 Å². The van der Waals surface area contributed by atoms with Gasteiger partial charge in [0.1, 0.15) is 0 Å². The summed E-state index contributed by atoms with van der Waals surface area (Å²) in [5.74, 6) is 0. The molecule has 2 nitrogen and oxygen atoms in total. The Balaban J connectivity index is 2.97. The summed E-state index contributed by atoms with van der Waals surface area (Å²) in [4.78, 5) is 18.4. The van der Waals surface area contributed by atoms with Crippen molar-refractivity contribution in [3.63, 3.8) is 0 Å². The first-order valence-corrected chi connectivity index (χ1v) is 5.50. The van der Waals surface area contributed by atoms with Crippen molar-refractivity contribution < 1.29 is 9.59 Å². The molecule has 0 unspecified atom stereocenters. The van der Waals surface area contributed by atoms with Crippen LogP contribution in [0.3, 0.4) is 0 Å². The summed E-state index contributed by atoms with van der Waals surface area (Å²) in [6.45, 7) is 1.47. The lowest BCUT2D eigenvalue weighted by molar-refractivity contribution is 0.392. The molecule has 1 rings (SSSR count). The summed E-state index contributed by atoms with van der Waals surface area (Å²) in [5.41, 5.74) is 0. The van der Waals surface area contributed by atoms with Crippen molar-refractivity contribution in [2.75, 3.05) is 0 Å². The van der Waals surface area contributed by atoms with Gasteiger partial charge in [0.25, 0.3) is 0 Å². The van der Waals surface area contributed by atoms with Crippen molar-refractivity contribution >= 4 is 13.7 Å². The molecule has 0 saturated carbocycles. The van der Waals surface area contributed by atoms with E-state index in [2.05, 4.69) is 0 Å². The molecule has 0 heterocycles. The molecule has 0 aliphatic carbocycles. The maximum atomic E-state index is 9.18. The minimum absolute atomic E-state index is 0.648.